The van der Waals surface area contributed by atoms with Crippen molar-refractivity contribution in [2.45, 2.75) is 13.0 Å². The molecular weight excluding hydrogens is 257 g/mol. The van der Waals surface area contributed by atoms with Gasteiger partial charge in [0.2, 0.25) is 5.88 Å². The van der Waals surface area contributed by atoms with E-state index in [1.54, 1.807) is 25.1 Å². The Labute approximate surface area is 109 Å². The van der Waals surface area contributed by atoms with Crippen molar-refractivity contribution in [1.29, 1.82) is 0 Å². The van der Waals surface area contributed by atoms with Crippen LogP contribution in [0.25, 0.3) is 0 Å². The van der Waals surface area contributed by atoms with Crippen LogP contribution in [-0.2, 0) is 0 Å². The normalized spacial score (nSPS) is 12.2. The average molecular weight is 268 g/mol. The molecule has 1 N–H and O–H groups in total. The number of hydrogen-bond acceptors (Lipinski definition) is 3. The molecule has 1 unspecified atom stereocenters. The molecule has 18 heavy (non-hydrogen) atoms. The molecule has 0 saturated carbocycles. The van der Waals surface area contributed by atoms with Gasteiger partial charge in [-0.05, 0) is 30.7 Å². The molecule has 2 aromatic rings. The molecule has 0 bridgehead atoms. The van der Waals surface area contributed by atoms with Crippen LogP contribution in [0.3, 0.4) is 0 Å². The summed E-state index contributed by atoms with van der Waals surface area (Å²) in [5.41, 5.74) is 0.685. The summed E-state index contributed by atoms with van der Waals surface area (Å²) >= 11 is 5.57. The number of aliphatic hydroxyl groups excluding tert-OH is 1. The molecule has 2 rings (SSSR count). The van der Waals surface area contributed by atoms with E-state index in [1.807, 2.05) is 0 Å². The second-order valence-corrected chi connectivity index (χ2v) is 4.19. The van der Waals surface area contributed by atoms with Gasteiger partial charge in [0.15, 0.2) is 0 Å². The Kier molecular flexibility index (Phi) is 3.79. The van der Waals surface area contributed by atoms with Gasteiger partial charge in [0, 0.05) is 18.3 Å². The summed E-state index contributed by atoms with van der Waals surface area (Å²) in [7, 11) is 0. The molecule has 1 heterocycles. The van der Waals surface area contributed by atoms with E-state index in [-0.39, 0.29) is 5.02 Å². The first-order chi connectivity index (χ1) is 8.56. The molecule has 1 atom stereocenters. The first-order valence-electron chi connectivity index (χ1n) is 5.33. The van der Waals surface area contributed by atoms with Crippen molar-refractivity contribution in [3.8, 4) is 11.6 Å². The van der Waals surface area contributed by atoms with E-state index in [0.717, 1.165) is 0 Å². The van der Waals surface area contributed by atoms with E-state index in [0.29, 0.717) is 17.2 Å². The van der Waals surface area contributed by atoms with Crippen LogP contribution < -0.4 is 4.74 Å². The molecule has 0 saturated heterocycles. The molecule has 0 spiro atoms. The number of benzene rings is 1. The predicted octanol–water partition coefficient (Wildman–Crippen LogP) is 3.72. The van der Waals surface area contributed by atoms with E-state index >= 15 is 0 Å². The molecule has 1 aromatic heterocycles. The van der Waals surface area contributed by atoms with Crippen LogP contribution in [0.5, 0.6) is 11.6 Å². The van der Waals surface area contributed by atoms with Crippen LogP contribution in [0.2, 0.25) is 5.02 Å². The van der Waals surface area contributed by atoms with Crippen molar-refractivity contribution in [2.24, 2.45) is 0 Å². The number of nitrogens with zero attached hydrogens (tertiary/aromatic N) is 1. The van der Waals surface area contributed by atoms with Gasteiger partial charge in [0.25, 0.3) is 0 Å². The van der Waals surface area contributed by atoms with Gasteiger partial charge in [-0.1, -0.05) is 11.6 Å². The minimum atomic E-state index is -0.584. The van der Waals surface area contributed by atoms with Crippen molar-refractivity contribution >= 4 is 11.6 Å². The Bertz CT molecular complexity index is 543. The van der Waals surface area contributed by atoms with Crippen molar-refractivity contribution in [2.75, 3.05) is 0 Å². The summed E-state index contributed by atoms with van der Waals surface area (Å²) < 4.78 is 18.5. The fraction of sp³-hybridized carbons (Fsp3) is 0.154. The number of rotatable bonds is 3. The van der Waals surface area contributed by atoms with E-state index in [4.69, 9.17) is 16.3 Å². The molecular formula is C13H11ClFNO2. The van der Waals surface area contributed by atoms with Gasteiger partial charge in [0.05, 0.1) is 11.1 Å². The van der Waals surface area contributed by atoms with Crippen molar-refractivity contribution < 1.29 is 14.2 Å². The number of aliphatic hydroxyl groups is 1. The minimum absolute atomic E-state index is 0.0414. The van der Waals surface area contributed by atoms with Crippen LogP contribution in [-0.4, -0.2) is 10.1 Å². The maximum atomic E-state index is 13.2. The van der Waals surface area contributed by atoms with E-state index < -0.39 is 11.9 Å². The van der Waals surface area contributed by atoms with Gasteiger partial charge < -0.3 is 9.84 Å². The van der Waals surface area contributed by atoms with Crippen LogP contribution >= 0.6 is 11.6 Å². The molecule has 1 aromatic carbocycles. The van der Waals surface area contributed by atoms with Gasteiger partial charge in [-0.15, -0.1) is 0 Å². The number of pyridine rings is 1. The fourth-order valence-corrected chi connectivity index (χ4v) is 1.48. The predicted molar refractivity (Wildman–Crippen MR) is 66.4 cm³/mol. The molecule has 94 valence electrons. The van der Waals surface area contributed by atoms with E-state index in [1.165, 1.54) is 18.3 Å². The molecule has 0 aliphatic heterocycles. The quantitative estimate of drug-likeness (QED) is 0.922. The third-order valence-electron chi connectivity index (χ3n) is 2.36. The third kappa shape index (κ3) is 2.97. The van der Waals surface area contributed by atoms with Gasteiger partial charge in [-0.3, -0.25) is 0 Å². The first-order valence-corrected chi connectivity index (χ1v) is 5.71. The summed E-state index contributed by atoms with van der Waals surface area (Å²) in [5.74, 6) is 0.0880. The van der Waals surface area contributed by atoms with Crippen LogP contribution in [0, 0.1) is 5.82 Å². The van der Waals surface area contributed by atoms with Crippen LogP contribution in [0.15, 0.2) is 36.5 Å². The smallest absolute Gasteiger partial charge is 0.219 e. The van der Waals surface area contributed by atoms with Crippen LogP contribution in [0.1, 0.15) is 18.6 Å². The van der Waals surface area contributed by atoms with Crippen molar-refractivity contribution in [3.05, 3.63) is 52.9 Å². The largest absolute Gasteiger partial charge is 0.439 e. The topological polar surface area (TPSA) is 42.4 Å². The molecule has 0 amide bonds. The number of hydrogen-bond donors (Lipinski definition) is 1. The second kappa shape index (κ2) is 5.33. The monoisotopic (exact) mass is 267 g/mol. The zero-order chi connectivity index (χ0) is 13.1. The lowest BCUT2D eigenvalue weighted by Crippen LogP contribution is -1.94. The molecule has 5 heteroatoms. The summed E-state index contributed by atoms with van der Waals surface area (Å²) in [6.07, 6.45) is 0.922. The Morgan fingerprint density at radius 3 is 2.67 bits per heavy atom. The fourth-order valence-electron chi connectivity index (χ4n) is 1.36. The van der Waals surface area contributed by atoms with Crippen LogP contribution in [0.4, 0.5) is 4.39 Å². The summed E-state index contributed by atoms with van der Waals surface area (Å²) in [5, 5.41) is 9.37. The van der Waals surface area contributed by atoms with Gasteiger partial charge in [-0.25, -0.2) is 9.37 Å². The van der Waals surface area contributed by atoms with Crippen molar-refractivity contribution in [3.63, 3.8) is 0 Å². The molecule has 0 radical (unpaired) electrons. The molecule has 0 aliphatic rings. The third-order valence-corrected chi connectivity index (χ3v) is 2.66. The highest BCUT2D eigenvalue weighted by Crippen LogP contribution is 2.24. The van der Waals surface area contributed by atoms with Gasteiger partial charge in [0.1, 0.15) is 11.6 Å². The summed E-state index contributed by atoms with van der Waals surface area (Å²) in [4.78, 5) is 4.01. The molecule has 3 nitrogen and oxygen atoms in total. The highest BCUT2D eigenvalue weighted by molar-refractivity contribution is 6.30. The van der Waals surface area contributed by atoms with Gasteiger partial charge in [-0.2, -0.15) is 0 Å². The zero-order valence-electron chi connectivity index (χ0n) is 9.60. The lowest BCUT2D eigenvalue weighted by Gasteiger charge is -2.07. The van der Waals surface area contributed by atoms with E-state index in [2.05, 4.69) is 4.98 Å². The lowest BCUT2D eigenvalue weighted by molar-refractivity contribution is 0.198. The Balaban J connectivity index is 2.15. The molecule has 0 aliphatic carbocycles. The SMILES string of the molecule is CC(O)c1ccc(Oc2ccc(Cl)c(F)c2)nc1. The lowest BCUT2D eigenvalue weighted by atomic mass is 10.2. The summed E-state index contributed by atoms with van der Waals surface area (Å²) in [6, 6.07) is 7.45. The Morgan fingerprint density at radius 1 is 1.33 bits per heavy atom. The second-order valence-electron chi connectivity index (χ2n) is 3.78. The number of aromatic nitrogens is 1. The number of ether oxygens (including phenoxy) is 1. The standard InChI is InChI=1S/C13H11ClFNO2/c1-8(17)9-2-5-13(16-7-9)18-10-3-4-11(14)12(15)6-10/h2-8,17H,1H3. The maximum absolute atomic E-state index is 13.2. The minimum Gasteiger partial charge on any atom is -0.439 e. The van der Waals surface area contributed by atoms with Gasteiger partial charge >= 0.3 is 0 Å². The highest BCUT2D eigenvalue weighted by atomic mass is 35.5. The highest BCUT2D eigenvalue weighted by Gasteiger charge is 2.05. The number of halogens is 2. The average Bonchev–Trinajstić information content (AvgIpc) is 2.34. The Morgan fingerprint density at radius 2 is 2.11 bits per heavy atom. The molecule has 0 fully saturated rings. The first kappa shape index (κ1) is 12.8. The van der Waals surface area contributed by atoms with Crippen molar-refractivity contribution in [1.82, 2.24) is 4.98 Å². The summed E-state index contributed by atoms with van der Waals surface area (Å²) in [6.45, 7) is 1.64. The zero-order valence-corrected chi connectivity index (χ0v) is 10.4. The van der Waals surface area contributed by atoms with E-state index in [9.17, 15) is 9.50 Å². The Hall–Kier alpha value is -1.65. The maximum Gasteiger partial charge on any atom is 0.219 e.